The van der Waals surface area contributed by atoms with Gasteiger partial charge in [-0.25, -0.2) is 4.39 Å². The Hall–Kier alpha value is -2.27. The maximum atomic E-state index is 13.2. The van der Waals surface area contributed by atoms with Gasteiger partial charge in [0.25, 0.3) is 5.91 Å². The molecule has 1 amide bonds. The van der Waals surface area contributed by atoms with E-state index in [2.05, 4.69) is 5.32 Å². The Balaban J connectivity index is 2.21. The van der Waals surface area contributed by atoms with Gasteiger partial charge in [-0.15, -0.1) is 0 Å². The number of hydrogen-bond donors (Lipinski definition) is 2. The zero-order chi connectivity index (χ0) is 15.6. The zero-order valence-corrected chi connectivity index (χ0v) is 12.4. The van der Waals surface area contributed by atoms with E-state index in [1.165, 1.54) is 6.07 Å². The molecule has 3 N–H and O–H groups in total. The number of carbonyl (C=O) groups excluding carboxylic acids is 1. The molecule has 0 bridgehead atoms. The van der Waals surface area contributed by atoms with Gasteiger partial charge in [0.05, 0.1) is 10.7 Å². The van der Waals surface area contributed by atoms with Gasteiger partial charge >= 0.3 is 0 Å². The molecule has 0 atom stereocenters. The van der Waals surface area contributed by atoms with E-state index in [9.17, 15) is 9.18 Å². The summed E-state index contributed by atoms with van der Waals surface area (Å²) in [6.45, 7) is 0. The van der Waals surface area contributed by atoms with E-state index in [1.54, 1.807) is 18.2 Å². The van der Waals surface area contributed by atoms with Crippen LogP contribution in [0.2, 0.25) is 5.02 Å². The molecule has 110 valence electrons. The fourth-order valence-electron chi connectivity index (χ4n) is 1.89. The fourth-order valence-corrected chi connectivity index (χ4v) is 2.24. The summed E-state index contributed by atoms with van der Waals surface area (Å²) in [4.78, 5) is 13.9. The standard InChI is InChI=1S/C15H15ClFN3O/c1-20(2)14-4-3-12(8-13(14)16)19-15(21)9-5-10(17)7-11(18)6-9/h3-8H,18H2,1-2H3,(H,19,21). The molecule has 0 spiro atoms. The Labute approximate surface area is 127 Å². The molecule has 0 aromatic heterocycles. The number of nitrogens with one attached hydrogen (secondary N) is 1. The third kappa shape index (κ3) is 3.64. The Kier molecular flexibility index (Phi) is 4.33. The lowest BCUT2D eigenvalue weighted by Crippen LogP contribution is -2.13. The summed E-state index contributed by atoms with van der Waals surface area (Å²) in [7, 11) is 3.74. The highest BCUT2D eigenvalue weighted by Gasteiger charge is 2.10. The first kappa shape index (κ1) is 15.1. The van der Waals surface area contributed by atoms with Gasteiger partial charge in [0.15, 0.2) is 0 Å². The molecule has 0 saturated heterocycles. The van der Waals surface area contributed by atoms with Gasteiger partial charge in [-0.1, -0.05) is 11.6 Å². The van der Waals surface area contributed by atoms with Crippen LogP contribution in [0.5, 0.6) is 0 Å². The van der Waals surface area contributed by atoms with Crippen molar-refractivity contribution >= 4 is 34.6 Å². The monoisotopic (exact) mass is 307 g/mol. The molecule has 0 saturated carbocycles. The summed E-state index contributed by atoms with van der Waals surface area (Å²) in [5, 5.41) is 3.17. The van der Waals surface area contributed by atoms with Gasteiger partial charge in [0.2, 0.25) is 0 Å². The van der Waals surface area contributed by atoms with Crippen LogP contribution in [0, 0.1) is 5.82 Å². The van der Waals surface area contributed by atoms with Crippen LogP contribution in [0.3, 0.4) is 0 Å². The Morgan fingerprint density at radius 3 is 2.52 bits per heavy atom. The van der Waals surface area contributed by atoms with E-state index in [4.69, 9.17) is 17.3 Å². The Morgan fingerprint density at radius 1 is 1.24 bits per heavy atom. The van der Waals surface area contributed by atoms with Crippen LogP contribution in [0.4, 0.5) is 21.5 Å². The van der Waals surface area contributed by atoms with Crippen LogP contribution < -0.4 is 16.0 Å². The van der Waals surface area contributed by atoms with Gasteiger partial charge < -0.3 is 16.0 Å². The molecule has 2 aromatic carbocycles. The number of carbonyl (C=O) groups is 1. The molecule has 0 fully saturated rings. The second kappa shape index (κ2) is 6.01. The summed E-state index contributed by atoms with van der Waals surface area (Å²) >= 11 is 6.13. The largest absolute Gasteiger partial charge is 0.399 e. The van der Waals surface area contributed by atoms with Crippen molar-refractivity contribution in [1.82, 2.24) is 0 Å². The second-order valence-corrected chi connectivity index (χ2v) is 5.20. The number of nitrogens with zero attached hydrogens (tertiary/aromatic N) is 1. The number of rotatable bonds is 3. The predicted octanol–water partition coefficient (Wildman–Crippen LogP) is 3.38. The van der Waals surface area contributed by atoms with Gasteiger partial charge in [-0.2, -0.15) is 0 Å². The van der Waals surface area contributed by atoms with E-state index < -0.39 is 11.7 Å². The van der Waals surface area contributed by atoms with E-state index in [-0.39, 0.29) is 11.3 Å². The molecular weight excluding hydrogens is 293 g/mol. The average Bonchev–Trinajstić information content (AvgIpc) is 2.37. The van der Waals surface area contributed by atoms with Gasteiger partial charge in [0, 0.05) is 31.0 Å². The quantitative estimate of drug-likeness (QED) is 0.855. The average molecular weight is 308 g/mol. The number of nitrogen functional groups attached to an aromatic ring is 1. The fraction of sp³-hybridized carbons (Fsp3) is 0.133. The third-order valence-electron chi connectivity index (χ3n) is 2.87. The first-order valence-electron chi connectivity index (χ1n) is 6.21. The summed E-state index contributed by atoms with van der Waals surface area (Å²) in [6.07, 6.45) is 0. The minimum atomic E-state index is -0.555. The summed E-state index contributed by atoms with van der Waals surface area (Å²) < 4.78 is 13.2. The molecule has 21 heavy (non-hydrogen) atoms. The van der Waals surface area contributed by atoms with Crippen molar-refractivity contribution in [2.75, 3.05) is 30.0 Å². The third-order valence-corrected chi connectivity index (χ3v) is 3.17. The highest BCUT2D eigenvalue weighted by atomic mass is 35.5. The van der Waals surface area contributed by atoms with E-state index in [0.29, 0.717) is 10.7 Å². The van der Waals surface area contributed by atoms with E-state index >= 15 is 0 Å². The van der Waals surface area contributed by atoms with Crippen molar-refractivity contribution < 1.29 is 9.18 Å². The molecule has 0 aliphatic heterocycles. The Morgan fingerprint density at radius 2 is 1.95 bits per heavy atom. The van der Waals surface area contributed by atoms with Crippen LogP contribution in [0.15, 0.2) is 36.4 Å². The first-order chi connectivity index (χ1) is 9.86. The maximum Gasteiger partial charge on any atom is 0.255 e. The molecule has 6 heteroatoms. The summed E-state index contributed by atoms with van der Waals surface area (Å²) in [5.41, 5.74) is 7.23. The lowest BCUT2D eigenvalue weighted by atomic mass is 10.1. The SMILES string of the molecule is CN(C)c1ccc(NC(=O)c2cc(N)cc(F)c2)cc1Cl. The van der Waals surface area contributed by atoms with Crippen molar-refractivity contribution in [3.8, 4) is 0 Å². The van der Waals surface area contributed by atoms with Crippen molar-refractivity contribution in [3.05, 3.63) is 52.8 Å². The molecule has 0 aliphatic carbocycles. The zero-order valence-electron chi connectivity index (χ0n) is 11.7. The van der Waals surface area contributed by atoms with Crippen LogP contribution in [-0.4, -0.2) is 20.0 Å². The second-order valence-electron chi connectivity index (χ2n) is 4.79. The molecule has 0 unspecified atom stereocenters. The van der Waals surface area contributed by atoms with Crippen molar-refractivity contribution in [3.63, 3.8) is 0 Å². The number of halogens is 2. The molecule has 2 aromatic rings. The first-order valence-corrected chi connectivity index (χ1v) is 6.59. The molecule has 2 rings (SSSR count). The summed E-state index contributed by atoms with van der Waals surface area (Å²) in [6, 6.07) is 8.84. The minimum absolute atomic E-state index is 0.153. The Bertz CT molecular complexity index is 668. The van der Waals surface area contributed by atoms with Crippen LogP contribution in [0.1, 0.15) is 10.4 Å². The van der Waals surface area contributed by atoms with Crippen molar-refractivity contribution in [1.29, 1.82) is 0 Å². The molecule has 0 heterocycles. The molecule has 4 nitrogen and oxygen atoms in total. The smallest absolute Gasteiger partial charge is 0.255 e. The lowest BCUT2D eigenvalue weighted by Gasteiger charge is -2.15. The minimum Gasteiger partial charge on any atom is -0.399 e. The number of amides is 1. The van der Waals surface area contributed by atoms with Gasteiger partial charge in [-0.05, 0) is 36.4 Å². The lowest BCUT2D eigenvalue weighted by molar-refractivity contribution is 0.102. The van der Waals surface area contributed by atoms with Crippen LogP contribution in [-0.2, 0) is 0 Å². The van der Waals surface area contributed by atoms with Crippen molar-refractivity contribution in [2.24, 2.45) is 0 Å². The maximum absolute atomic E-state index is 13.2. The van der Waals surface area contributed by atoms with Crippen LogP contribution >= 0.6 is 11.6 Å². The normalized spacial score (nSPS) is 10.3. The van der Waals surface area contributed by atoms with Gasteiger partial charge in [-0.3, -0.25) is 4.79 Å². The number of anilines is 3. The topological polar surface area (TPSA) is 58.4 Å². The number of nitrogens with two attached hydrogens (primary N) is 1. The van der Waals surface area contributed by atoms with Crippen molar-refractivity contribution in [2.45, 2.75) is 0 Å². The van der Waals surface area contributed by atoms with Crippen LogP contribution in [0.25, 0.3) is 0 Å². The molecule has 0 aliphatic rings. The van der Waals surface area contributed by atoms with Gasteiger partial charge in [0.1, 0.15) is 5.82 Å². The number of hydrogen-bond acceptors (Lipinski definition) is 3. The highest BCUT2D eigenvalue weighted by molar-refractivity contribution is 6.33. The summed E-state index contributed by atoms with van der Waals surface area (Å²) in [5.74, 6) is -1.00. The number of benzene rings is 2. The highest BCUT2D eigenvalue weighted by Crippen LogP contribution is 2.27. The molecule has 0 radical (unpaired) electrons. The van der Waals surface area contributed by atoms with E-state index in [1.807, 2.05) is 19.0 Å². The molecular formula is C15H15ClFN3O. The van der Waals surface area contributed by atoms with E-state index in [0.717, 1.165) is 17.8 Å². The predicted molar refractivity (Wildman–Crippen MR) is 84.5 cm³/mol.